The highest BCUT2D eigenvalue weighted by Gasteiger charge is 2.54. The zero-order chi connectivity index (χ0) is 27.6. The molecule has 37 heavy (non-hydrogen) atoms. The predicted octanol–water partition coefficient (Wildman–Crippen LogP) is -5.75. The fourth-order valence-electron chi connectivity index (χ4n) is 4.57. The highest BCUT2D eigenvalue weighted by molar-refractivity contribution is 5.73. The Morgan fingerprint density at radius 1 is 0.730 bits per heavy atom. The van der Waals surface area contributed by atoms with Gasteiger partial charge in [-0.3, -0.25) is 4.79 Å². The summed E-state index contributed by atoms with van der Waals surface area (Å²) in [6.07, 6.45) is -21.0. The molecule has 3 heterocycles. The van der Waals surface area contributed by atoms with Crippen molar-refractivity contribution in [2.75, 3.05) is 20.3 Å². The van der Waals surface area contributed by atoms with Crippen molar-refractivity contribution in [1.82, 2.24) is 5.32 Å². The number of carbonyl (C=O) groups excluding carboxylic acids is 1. The molecule has 15 atom stereocenters. The zero-order valence-corrected chi connectivity index (χ0v) is 20.5. The number of carbonyl (C=O) groups is 1. The molecule has 0 aromatic heterocycles. The van der Waals surface area contributed by atoms with E-state index in [-0.39, 0.29) is 0 Å². The van der Waals surface area contributed by atoms with Gasteiger partial charge in [-0.2, -0.15) is 0 Å². The summed E-state index contributed by atoms with van der Waals surface area (Å²) < 4.78 is 33.3. The summed E-state index contributed by atoms with van der Waals surface area (Å²) in [4.78, 5) is 11.9. The van der Waals surface area contributed by atoms with E-state index >= 15 is 0 Å². The van der Waals surface area contributed by atoms with Gasteiger partial charge in [0.25, 0.3) is 0 Å². The molecule has 0 aliphatic carbocycles. The lowest BCUT2D eigenvalue weighted by Crippen LogP contribution is -2.68. The van der Waals surface area contributed by atoms with Crippen molar-refractivity contribution >= 4 is 5.91 Å². The maximum absolute atomic E-state index is 11.9. The summed E-state index contributed by atoms with van der Waals surface area (Å²) in [6.45, 7) is 1.20. The number of methoxy groups -OCH3 is 1. The topological polar surface area (TPSA) is 246 Å². The van der Waals surface area contributed by atoms with Gasteiger partial charge in [0, 0.05) is 14.0 Å². The van der Waals surface area contributed by atoms with Crippen molar-refractivity contribution < 1.29 is 74.1 Å². The molecule has 9 N–H and O–H groups in total. The molecule has 0 spiro atoms. The fraction of sp³-hybridized carbons (Fsp3) is 0.952. The van der Waals surface area contributed by atoms with Crippen LogP contribution in [0.5, 0.6) is 0 Å². The van der Waals surface area contributed by atoms with Crippen molar-refractivity contribution in [1.29, 1.82) is 0 Å². The highest BCUT2D eigenvalue weighted by Crippen LogP contribution is 2.33. The van der Waals surface area contributed by atoms with Crippen LogP contribution < -0.4 is 5.32 Å². The normalized spacial score (nSPS) is 49.0. The van der Waals surface area contributed by atoms with Crippen LogP contribution in [0, 0.1) is 0 Å². The van der Waals surface area contributed by atoms with Crippen LogP contribution in [0.3, 0.4) is 0 Å². The summed E-state index contributed by atoms with van der Waals surface area (Å²) >= 11 is 0. The van der Waals surface area contributed by atoms with Crippen LogP contribution in [0.25, 0.3) is 0 Å². The number of hydrogen-bond acceptors (Lipinski definition) is 15. The monoisotopic (exact) mass is 543 g/mol. The van der Waals surface area contributed by atoms with Gasteiger partial charge in [0.1, 0.15) is 67.1 Å². The van der Waals surface area contributed by atoms with Gasteiger partial charge in [-0.05, 0) is 6.92 Å². The van der Waals surface area contributed by atoms with E-state index in [9.17, 15) is 45.6 Å². The summed E-state index contributed by atoms with van der Waals surface area (Å²) in [7, 11) is 1.26. The van der Waals surface area contributed by atoms with Crippen LogP contribution in [0.4, 0.5) is 0 Å². The lowest BCUT2D eigenvalue weighted by atomic mass is 9.95. The molecule has 0 saturated carbocycles. The molecular formula is C21H37NO15. The quantitative estimate of drug-likeness (QED) is 0.138. The molecule has 3 aliphatic heterocycles. The molecule has 0 radical (unpaired) electrons. The Bertz CT molecular complexity index is 747. The van der Waals surface area contributed by atoms with E-state index in [0.29, 0.717) is 0 Å². The predicted molar refractivity (Wildman–Crippen MR) is 116 cm³/mol. The smallest absolute Gasteiger partial charge is 0.217 e. The minimum absolute atomic E-state index is 0.541. The van der Waals surface area contributed by atoms with Gasteiger partial charge in [-0.1, -0.05) is 0 Å². The van der Waals surface area contributed by atoms with Gasteiger partial charge in [0.2, 0.25) is 5.91 Å². The lowest BCUT2D eigenvalue weighted by molar-refractivity contribution is -0.380. The summed E-state index contributed by atoms with van der Waals surface area (Å²) in [5, 5.41) is 84.3. The van der Waals surface area contributed by atoms with Crippen molar-refractivity contribution in [2.24, 2.45) is 0 Å². The van der Waals surface area contributed by atoms with E-state index in [1.807, 2.05) is 0 Å². The van der Waals surface area contributed by atoms with Crippen LogP contribution in [0.1, 0.15) is 13.8 Å². The molecule has 0 aromatic carbocycles. The molecule has 16 heteroatoms. The third kappa shape index (κ3) is 6.39. The van der Waals surface area contributed by atoms with Gasteiger partial charge in [-0.15, -0.1) is 0 Å². The highest BCUT2D eigenvalue weighted by atomic mass is 16.8. The Hall–Kier alpha value is -1.09. The number of rotatable bonds is 8. The second-order valence-corrected chi connectivity index (χ2v) is 9.27. The molecule has 216 valence electrons. The Labute approximate surface area is 212 Å². The number of aliphatic hydroxyl groups excluding tert-OH is 8. The standard InChI is InChI=1S/C21H37NO15/c1-6-11(26)14(29)16(31)20(33-6)37-18-15(30)12(27)8(4-23)35-21(18)36-17-10(22-7(2)25)19(32-3)34-9(5-24)13(17)28/h6,8-21,23-24,26-31H,4-5H2,1-3H3,(H,22,25). The minimum atomic E-state index is -1.80. The van der Waals surface area contributed by atoms with E-state index in [1.54, 1.807) is 0 Å². The van der Waals surface area contributed by atoms with E-state index in [2.05, 4.69) is 5.32 Å². The average molecular weight is 544 g/mol. The van der Waals surface area contributed by atoms with Gasteiger partial charge in [0.05, 0.1) is 19.3 Å². The maximum Gasteiger partial charge on any atom is 0.217 e. The second kappa shape index (κ2) is 12.8. The zero-order valence-electron chi connectivity index (χ0n) is 20.5. The molecule has 3 fully saturated rings. The summed E-state index contributed by atoms with van der Waals surface area (Å²) in [5.41, 5.74) is 0. The van der Waals surface area contributed by atoms with Crippen molar-refractivity contribution in [3.8, 4) is 0 Å². The van der Waals surface area contributed by atoms with Gasteiger partial charge >= 0.3 is 0 Å². The Kier molecular flexibility index (Phi) is 10.6. The SMILES string of the molecule is COC1OC(CO)C(O)C(OC2OC(CO)C(O)C(O)C2OC2OC(C)C(O)C(O)C2O)C1NC(C)=O. The van der Waals surface area contributed by atoms with Crippen LogP contribution in [-0.4, -0.2) is 159 Å². The van der Waals surface area contributed by atoms with E-state index < -0.39 is 111 Å². The molecule has 15 unspecified atom stereocenters. The van der Waals surface area contributed by atoms with Gasteiger partial charge < -0.3 is 74.6 Å². The molecule has 16 nitrogen and oxygen atoms in total. The first-order chi connectivity index (χ1) is 17.4. The van der Waals surface area contributed by atoms with Gasteiger partial charge in [0.15, 0.2) is 18.9 Å². The Balaban J connectivity index is 1.91. The van der Waals surface area contributed by atoms with Crippen LogP contribution in [0.15, 0.2) is 0 Å². The number of ether oxygens (including phenoxy) is 6. The third-order valence-corrected chi connectivity index (χ3v) is 6.67. The van der Waals surface area contributed by atoms with Crippen LogP contribution in [-0.2, 0) is 33.2 Å². The van der Waals surface area contributed by atoms with E-state index in [1.165, 1.54) is 21.0 Å². The molecule has 1 amide bonds. The third-order valence-electron chi connectivity index (χ3n) is 6.67. The van der Waals surface area contributed by atoms with Crippen molar-refractivity contribution in [3.63, 3.8) is 0 Å². The van der Waals surface area contributed by atoms with Crippen LogP contribution >= 0.6 is 0 Å². The molecular weight excluding hydrogens is 506 g/mol. The summed E-state index contributed by atoms with van der Waals surface area (Å²) in [6, 6.07) is -1.16. The Morgan fingerprint density at radius 2 is 1.30 bits per heavy atom. The minimum Gasteiger partial charge on any atom is -0.394 e. The first-order valence-electron chi connectivity index (χ1n) is 11.8. The van der Waals surface area contributed by atoms with E-state index in [0.717, 1.165) is 0 Å². The van der Waals surface area contributed by atoms with E-state index in [4.69, 9.17) is 28.4 Å². The molecule has 0 aromatic rings. The molecule has 0 bridgehead atoms. The lowest BCUT2D eigenvalue weighted by Gasteiger charge is -2.49. The molecule has 3 aliphatic rings. The number of hydrogen-bond donors (Lipinski definition) is 9. The summed E-state index contributed by atoms with van der Waals surface area (Å²) in [5.74, 6) is -0.541. The fourth-order valence-corrected chi connectivity index (χ4v) is 4.57. The maximum atomic E-state index is 11.9. The second-order valence-electron chi connectivity index (χ2n) is 9.27. The number of aliphatic hydroxyl groups is 8. The molecule has 3 rings (SSSR count). The average Bonchev–Trinajstić information content (AvgIpc) is 2.86. The van der Waals surface area contributed by atoms with Crippen molar-refractivity contribution in [3.05, 3.63) is 0 Å². The first-order valence-corrected chi connectivity index (χ1v) is 11.8. The largest absolute Gasteiger partial charge is 0.394 e. The number of amides is 1. The first kappa shape index (κ1) is 30.5. The van der Waals surface area contributed by atoms with Crippen LogP contribution in [0.2, 0.25) is 0 Å². The van der Waals surface area contributed by atoms with Gasteiger partial charge in [-0.25, -0.2) is 0 Å². The molecule has 3 saturated heterocycles. The number of nitrogens with one attached hydrogen (secondary N) is 1. The Morgan fingerprint density at radius 3 is 1.86 bits per heavy atom. The van der Waals surface area contributed by atoms with Crippen molar-refractivity contribution in [2.45, 2.75) is 106 Å².